The molecule has 7 heteroatoms. The van der Waals surface area contributed by atoms with Gasteiger partial charge in [0.2, 0.25) is 0 Å². The van der Waals surface area contributed by atoms with Gasteiger partial charge >= 0.3 is 12.2 Å². The summed E-state index contributed by atoms with van der Waals surface area (Å²) in [6, 6.07) is 1.71. The molecule has 2 amide bonds. The Kier molecular flexibility index (Phi) is 5.86. The molecule has 1 aliphatic heterocycles. The lowest BCUT2D eigenvalue weighted by Gasteiger charge is -2.37. The molecule has 130 valence electrons. The zero-order valence-corrected chi connectivity index (χ0v) is 14.8. The number of alkyl carbamates (subject to hydrolysis) is 1. The van der Waals surface area contributed by atoms with Crippen molar-refractivity contribution in [1.29, 1.82) is 5.26 Å². The molecule has 2 atom stereocenters. The topological polar surface area (TPSA) is 91.7 Å². The van der Waals surface area contributed by atoms with Crippen LogP contribution in [0.3, 0.4) is 0 Å². The van der Waals surface area contributed by atoms with Crippen molar-refractivity contribution in [3.8, 4) is 6.07 Å². The predicted molar refractivity (Wildman–Crippen MR) is 84.7 cm³/mol. The Hall–Kier alpha value is -1.97. The van der Waals surface area contributed by atoms with Gasteiger partial charge in [-0.3, -0.25) is 0 Å². The number of piperidine rings is 1. The third-order valence-electron chi connectivity index (χ3n) is 3.13. The minimum atomic E-state index is -0.619. The van der Waals surface area contributed by atoms with Crippen LogP contribution in [0.4, 0.5) is 9.59 Å². The lowest BCUT2D eigenvalue weighted by molar-refractivity contribution is 0.0132. The first-order valence-corrected chi connectivity index (χ1v) is 7.78. The number of hydrogen-bond acceptors (Lipinski definition) is 5. The minimum Gasteiger partial charge on any atom is -0.444 e. The van der Waals surface area contributed by atoms with Gasteiger partial charge in [-0.1, -0.05) is 0 Å². The van der Waals surface area contributed by atoms with Crippen molar-refractivity contribution >= 4 is 12.2 Å². The van der Waals surface area contributed by atoms with E-state index >= 15 is 0 Å². The zero-order valence-electron chi connectivity index (χ0n) is 14.8. The van der Waals surface area contributed by atoms with E-state index < -0.39 is 29.4 Å². The Morgan fingerprint density at radius 3 is 2.17 bits per heavy atom. The summed E-state index contributed by atoms with van der Waals surface area (Å²) in [6.07, 6.45) is -0.547. The zero-order chi connectivity index (χ0) is 17.8. The molecular formula is C16H27N3O4. The maximum absolute atomic E-state index is 12.1. The van der Waals surface area contributed by atoms with Crippen molar-refractivity contribution < 1.29 is 19.1 Å². The molecule has 0 aromatic rings. The average molecular weight is 325 g/mol. The highest BCUT2D eigenvalue weighted by molar-refractivity contribution is 5.70. The lowest BCUT2D eigenvalue weighted by atomic mass is 9.93. The number of nitriles is 1. The Balaban J connectivity index is 2.70. The van der Waals surface area contributed by atoms with E-state index in [4.69, 9.17) is 9.47 Å². The number of carbonyl (C=O) groups excluding carboxylic acids is 2. The summed E-state index contributed by atoms with van der Waals surface area (Å²) in [4.78, 5) is 25.6. The molecular weight excluding hydrogens is 298 g/mol. The van der Waals surface area contributed by atoms with Crippen LogP contribution in [0.15, 0.2) is 0 Å². The molecule has 0 radical (unpaired) electrons. The Morgan fingerprint density at radius 1 is 1.13 bits per heavy atom. The van der Waals surface area contributed by atoms with Gasteiger partial charge in [0.25, 0.3) is 0 Å². The fraction of sp³-hybridized carbons (Fsp3) is 0.812. The summed E-state index contributed by atoms with van der Waals surface area (Å²) in [7, 11) is 0. The third kappa shape index (κ3) is 6.76. The Labute approximate surface area is 137 Å². The molecule has 7 nitrogen and oxygen atoms in total. The van der Waals surface area contributed by atoms with Crippen LogP contribution < -0.4 is 5.32 Å². The van der Waals surface area contributed by atoms with Crippen molar-refractivity contribution in [2.45, 2.75) is 65.2 Å². The first-order chi connectivity index (χ1) is 10.4. The summed E-state index contributed by atoms with van der Waals surface area (Å²) in [5, 5.41) is 11.9. The highest BCUT2D eigenvalue weighted by Gasteiger charge is 2.35. The monoisotopic (exact) mass is 325 g/mol. The highest BCUT2D eigenvalue weighted by Crippen LogP contribution is 2.20. The maximum atomic E-state index is 12.1. The van der Waals surface area contributed by atoms with Crippen LogP contribution >= 0.6 is 0 Å². The molecule has 0 aromatic carbocycles. The van der Waals surface area contributed by atoms with Crippen LogP contribution in [0, 0.1) is 17.2 Å². The van der Waals surface area contributed by atoms with Crippen LogP contribution in [-0.2, 0) is 9.47 Å². The van der Waals surface area contributed by atoms with E-state index in [0.29, 0.717) is 13.0 Å². The van der Waals surface area contributed by atoms with Crippen molar-refractivity contribution in [2.75, 3.05) is 13.1 Å². The number of likely N-dealkylation sites (tertiary alicyclic amines) is 1. The molecule has 23 heavy (non-hydrogen) atoms. The maximum Gasteiger partial charge on any atom is 0.410 e. The number of nitrogens with zero attached hydrogens (tertiary/aromatic N) is 2. The summed E-state index contributed by atoms with van der Waals surface area (Å²) < 4.78 is 10.6. The molecule has 0 spiro atoms. The number of hydrogen-bond donors (Lipinski definition) is 1. The van der Waals surface area contributed by atoms with Gasteiger partial charge in [-0.15, -0.1) is 0 Å². The molecule has 0 aliphatic carbocycles. The smallest absolute Gasteiger partial charge is 0.410 e. The second kappa shape index (κ2) is 7.07. The van der Waals surface area contributed by atoms with Crippen LogP contribution in [0.25, 0.3) is 0 Å². The molecule has 0 bridgehead atoms. The number of rotatable bonds is 1. The van der Waals surface area contributed by atoms with E-state index in [1.807, 2.05) is 0 Å². The molecule has 1 rings (SSSR count). The normalized spacial score (nSPS) is 22.0. The van der Waals surface area contributed by atoms with Gasteiger partial charge in [0, 0.05) is 13.1 Å². The molecule has 0 saturated carbocycles. The molecule has 1 saturated heterocycles. The van der Waals surface area contributed by atoms with E-state index in [2.05, 4.69) is 11.4 Å². The molecule has 1 fully saturated rings. The Morgan fingerprint density at radius 2 is 1.70 bits per heavy atom. The van der Waals surface area contributed by atoms with Crippen LogP contribution in [-0.4, -0.2) is 47.4 Å². The van der Waals surface area contributed by atoms with Gasteiger partial charge in [-0.2, -0.15) is 5.26 Å². The minimum absolute atomic E-state index is 0.229. The second-order valence-electron chi connectivity index (χ2n) is 7.70. The first kappa shape index (κ1) is 19.1. The number of ether oxygens (including phenoxy) is 2. The SMILES string of the molecule is CC(C)(C)OC(=O)N[C@@H]1CN(C(=O)OC(C)(C)C)CC[C@@H]1C#N. The van der Waals surface area contributed by atoms with Crippen LogP contribution in [0.2, 0.25) is 0 Å². The summed E-state index contributed by atoms with van der Waals surface area (Å²) in [5.41, 5.74) is -1.21. The quantitative estimate of drug-likeness (QED) is 0.800. The van der Waals surface area contributed by atoms with Crippen molar-refractivity contribution in [2.24, 2.45) is 5.92 Å². The van der Waals surface area contributed by atoms with Gasteiger partial charge in [-0.05, 0) is 48.0 Å². The highest BCUT2D eigenvalue weighted by atomic mass is 16.6. The average Bonchev–Trinajstić information content (AvgIpc) is 2.34. The molecule has 0 aromatic heterocycles. The number of amides is 2. The van der Waals surface area contributed by atoms with E-state index in [-0.39, 0.29) is 12.5 Å². The number of carbonyl (C=O) groups is 2. The first-order valence-electron chi connectivity index (χ1n) is 7.78. The van der Waals surface area contributed by atoms with E-state index in [1.165, 1.54) is 4.90 Å². The fourth-order valence-corrected chi connectivity index (χ4v) is 2.20. The van der Waals surface area contributed by atoms with Crippen LogP contribution in [0.1, 0.15) is 48.0 Å². The van der Waals surface area contributed by atoms with Gasteiger partial charge in [0.1, 0.15) is 11.2 Å². The largest absolute Gasteiger partial charge is 0.444 e. The van der Waals surface area contributed by atoms with E-state index in [0.717, 1.165) is 0 Å². The third-order valence-corrected chi connectivity index (χ3v) is 3.13. The van der Waals surface area contributed by atoms with Crippen LogP contribution in [0.5, 0.6) is 0 Å². The van der Waals surface area contributed by atoms with Gasteiger partial charge < -0.3 is 19.7 Å². The standard InChI is InChI=1S/C16H27N3O4/c1-15(2,3)22-13(20)18-12-10-19(8-7-11(12)9-17)14(21)23-16(4,5)6/h11-12H,7-8,10H2,1-6H3,(H,18,20)/t11-,12-/m1/s1. The van der Waals surface area contributed by atoms with E-state index in [1.54, 1.807) is 41.5 Å². The fourth-order valence-electron chi connectivity index (χ4n) is 2.20. The van der Waals surface area contributed by atoms with Crippen molar-refractivity contribution in [3.05, 3.63) is 0 Å². The summed E-state index contributed by atoms with van der Waals surface area (Å²) >= 11 is 0. The lowest BCUT2D eigenvalue weighted by Crippen LogP contribution is -2.55. The van der Waals surface area contributed by atoms with Gasteiger partial charge in [0.05, 0.1) is 18.0 Å². The molecule has 1 heterocycles. The van der Waals surface area contributed by atoms with E-state index in [9.17, 15) is 14.9 Å². The molecule has 1 aliphatic rings. The van der Waals surface area contributed by atoms with Gasteiger partial charge in [-0.25, -0.2) is 9.59 Å². The predicted octanol–water partition coefficient (Wildman–Crippen LogP) is 2.66. The molecule has 0 unspecified atom stereocenters. The summed E-state index contributed by atoms with van der Waals surface area (Å²) in [6.45, 7) is 11.3. The Bertz CT molecular complexity index is 485. The second-order valence-corrected chi connectivity index (χ2v) is 7.70. The van der Waals surface area contributed by atoms with Gasteiger partial charge in [0.15, 0.2) is 0 Å². The summed E-state index contributed by atoms with van der Waals surface area (Å²) in [5.74, 6) is -0.360. The number of nitrogens with one attached hydrogen (secondary N) is 1. The van der Waals surface area contributed by atoms with Crippen molar-refractivity contribution in [1.82, 2.24) is 10.2 Å². The molecule has 1 N–H and O–H groups in total. The van der Waals surface area contributed by atoms with Crippen molar-refractivity contribution in [3.63, 3.8) is 0 Å².